The van der Waals surface area contributed by atoms with Crippen molar-refractivity contribution in [1.29, 1.82) is 0 Å². The van der Waals surface area contributed by atoms with Crippen molar-refractivity contribution in [3.8, 4) is 0 Å². The molecular weight excluding hydrogens is 449 g/mol. The third kappa shape index (κ3) is 5.90. The summed E-state index contributed by atoms with van der Waals surface area (Å²) in [7, 11) is 1.20. The largest absolute Gasteiger partial charge is 0.582 e. The third-order valence-electron chi connectivity index (χ3n) is 5.80. The summed E-state index contributed by atoms with van der Waals surface area (Å²) in [6, 6.07) is 1.39. The number of unbranched alkanes of at least 4 members (excludes halogenated alkanes) is 1. The predicted octanol–water partition coefficient (Wildman–Crippen LogP) is 5.18. The molecule has 1 aromatic heterocycles. The summed E-state index contributed by atoms with van der Waals surface area (Å²) in [6.07, 6.45) is 9.68. The Morgan fingerprint density at radius 2 is 2.12 bits per heavy atom. The monoisotopic (exact) mass is 478 g/mol. The quantitative estimate of drug-likeness (QED) is 0.501. The molecule has 2 heterocycles. The van der Waals surface area contributed by atoms with Gasteiger partial charge < -0.3 is 25.1 Å². The number of hydrogen-bond acceptors (Lipinski definition) is 5. The van der Waals surface area contributed by atoms with Crippen LogP contribution in [0.3, 0.4) is 0 Å². The van der Waals surface area contributed by atoms with Crippen molar-refractivity contribution in [3.63, 3.8) is 0 Å². The lowest BCUT2D eigenvalue weighted by Crippen LogP contribution is -2.47. The Kier molecular flexibility index (Phi) is 8.82. The number of anilines is 1. The van der Waals surface area contributed by atoms with Crippen LogP contribution in [-0.4, -0.2) is 46.1 Å². The molecule has 1 saturated heterocycles. The minimum atomic E-state index is -0.758. The van der Waals surface area contributed by atoms with Gasteiger partial charge in [0.25, 0.3) is 0 Å². The van der Waals surface area contributed by atoms with Gasteiger partial charge in [-0.15, -0.1) is 0 Å². The van der Waals surface area contributed by atoms with Gasteiger partial charge in [0.1, 0.15) is 11.4 Å². The molecule has 1 aliphatic heterocycles. The highest BCUT2D eigenvalue weighted by Crippen LogP contribution is 2.39. The molecule has 1 aliphatic rings. The molecule has 2 aromatic rings. The number of methoxy groups -OCH3 is 1. The second-order valence-electron chi connectivity index (χ2n) is 8.14. The lowest BCUT2D eigenvalue weighted by molar-refractivity contribution is -0.119. The van der Waals surface area contributed by atoms with Gasteiger partial charge in [0, 0.05) is 12.4 Å². The molecule has 0 aliphatic carbocycles. The van der Waals surface area contributed by atoms with Gasteiger partial charge in [0.15, 0.2) is 0 Å². The minimum Gasteiger partial charge on any atom is -0.582 e. The number of esters is 1. The normalized spacial score (nSPS) is 21.1. The maximum atomic E-state index is 14.1. The molecule has 33 heavy (non-hydrogen) atoms. The first-order valence-electron chi connectivity index (χ1n) is 11.2. The Morgan fingerprint density at radius 1 is 1.33 bits per heavy atom. The molecule has 8 nitrogen and oxygen atoms in total. The van der Waals surface area contributed by atoms with Crippen LogP contribution in [-0.2, 0) is 9.53 Å². The van der Waals surface area contributed by atoms with E-state index in [1.54, 1.807) is 12.5 Å². The Hall–Kier alpha value is -2.49. The number of amides is 1. The average molecular weight is 479 g/mol. The molecule has 3 atom stereocenters. The number of nitrogens with zero attached hydrogens (tertiary/aromatic N) is 4. The van der Waals surface area contributed by atoms with Gasteiger partial charge >= 0.3 is 5.97 Å². The zero-order valence-electron chi connectivity index (χ0n) is 19.1. The molecule has 0 saturated carbocycles. The minimum absolute atomic E-state index is 0.0277. The highest BCUT2D eigenvalue weighted by atomic mass is 35.5. The van der Waals surface area contributed by atoms with Gasteiger partial charge in [-0.3, -0.25) is 4.79 Å². The van der Waals surface area contributed by atoms with Crippen molar-refractivity contribution < 1.29 is 18.7 Å². The molecular formula is C23H30ClFN5O3-. The van der Waals surface area contributed by atoms with Crippen molar-refractivity contribution in [2.24, 2.45) is 5.92 Å². The fourth-order valence-electron chi connectivity index (χ4n) is 4.21. The Balaban J connectivity index is 1.89. The van der Waals surface area contributed by atoms with E-state index in [9.17, 15) is 14.0 Å². The van der Waals surface area contributed by atoms with Crippen LogP contribution in [0.15, 0.2) is 30.9 Å². The molecule has 0 radical (unpaired) electrons. The second kappa shape index (κ2) is 11.6. The van der Waals surface area contributed by atoms with E-state index in [2.05, 4.69) is 24.1 Å². The summed E-state index contributed by atoms with van der Waals surface area (Å²) in [6.45, 7) is 4.83. The number of nitrogens with one attached hydrogen (secondary N) is 1. The number of benzene rings is 1. The average Bonchev–Trinajstić information content (AvgIpc) is 3.32. The Labute approximate surface area is 198 Å². The van der Waals surface area contributed by atoms with E-state index in [1.807, 2.05) is 15.8 Å². The summed E-state index contributed by atoms with van der Waals surface area (Å²) >= 11 is 6.08. The van der Waals surface area contributed by atoms with Crippen LogP contribution >= 0.6 is 11.6 Å². The van der Waals surface area contributed by atoms with E-state index in [4.69, 9.17) is 21.8 Å². The van der Waals surface area contributed by atoms with Crippen molar-refractivity contribution >= 4 is 29.2 Å². The lowest BCUT2D eigenvalue weighted by atomic mass is 9.87. The maximum Gasteiger partial charge on any atom is 0.341 e. The van der Waals surface area contributed by atoms with Crippen molar-refractivity contribution in [2.45, 2.75) is 58.2 Å². The van der Waals surface area contributed by atoms with Crippen LogP contribution in [0.25, 0.3) is 5.43 Å². The SMILES string of the molecule is CCCCC1CC(n2ccnc2)N(CCC)[N-]C1C(=O)Nc1cc(F)cc(Cl)c1C(=O)OC. The van der Waals surface area contributed by atoms with Crippen LogP contribution in [0.1, 0.15) is 62.5 Å². The third-order valence-corrected chi connectivity index (χ3v) is 6.10. The van der Waals surface area contributed by atoms with E-state index in [0.717, 1.165) is 37.8 Å². The van der Waals surface area contributed by atoms with E-state index in [1.165, 1.54) is 7.11 Å². The molecule has 1 fully saturated rings. The predicted molar refractivity (Wildman–Crippen MR) is 124 cm³/mol. The number of imidazole rings is 1. The van der Waals surface area contributed by atoms with Gasteiger partial charge in [0.05, 0.1) is 30.3 Å². The highest BCUT2D eigenvalue weighted by Gasteiger charge is 2.32. The zero-order valence-corrected chi connectivity index (χ0v) is 19.9. The number of ether oxygens (including phenoxy) is 1. The summed E-state index contributed by atoms with van der Waals surface area (Å²) in [5, 5.41) is 4.49. The van der Waals surface area contributed by atoms with E-state index in [-0.39, 0.29) is 28.4 Å². The molecule has 0 bridgehead atoms. The summed E-state index contributed by atoms with van der Waals surface area (Å²) in [4.78, 5) is 29.8. The smallest absolute Gasteiger partial charge is 0.341 e. The first-order valence-corrected chi connectivity index (χ1v) is 11.6. The molecule has 180 valence electrons. The first-order chi connectivity index (χ1) is 15.9. The van der Waals surface area contributed by atoms with Gasteiger partial charge in [-0.05, 0) is 43.5 Å². The molecule has 1 aromatic carbocycles. The van der Waals surface area contributed by atoms with Gasteiger partial charge in [-0.1, -0.05) is 44.7 Å². The van der Waals surface area contributed by atoms with Gasteiger partial charge in [0.2, 0.25) is 5.91 Å². The Bertz CT molecular complexity index is 956. The number of rotatable bonds is 9. The van der Waals surface area contributed by atoms with Crippen LogP contribution in [0.2, 0.25) is 5.02 Å². The van der Waals surface area contributed by atoms with Gasteiger partial charge in [-0.25, -0.2) is 14.2 Å². The first kappa shape index (κ1) is 25.1. The molecule has 3 unspecified atom stereocenters. The number of halogens is 2. The van der Waals surface area contributed by atoms with Crippen molar-refractivity contribution in [1.82, 2.24) is 14.6 Å². The fraction of sp³-hybridized carbons (Fsp3) is 0.522. The number of aromatic nitrogens is 2. The summed E-state index contributed by atoms with van der Waals surface area (Å²) in [5.41, 5.74) is 4.69. The highest BCUT2D eigenvalue weighted by molar-refractivity contribution is 6.34. The maximum absolute atomic E-state index is 14.1. The summed E-state index contributed by atoms with van der Waals surface area (Å²) in [5.74, 6) is -1.87. The van der Waals surface area contributed by atoms with E-state index >= 15 is 0 Å². The Morgan fingerprint density at radius 3 is 2.76 bits per heavy atom. The van der Waals surface area contributed by atoms with Crippen molar-refractivity contribution in [2.75, 3.05) is 19.0 Å². The summed E-state index contributed by atoms with van der Waals surface area (Å²) < 4.78 is 20.8. The standard InChI is InChI=1S/C23H30ClFN5O3/c1-4-6-7-15-11-19(29-10-8-26-14-29)30(9-5-2)28-21(15)22(31)27-18-13-16(25)12-17(24)20(18)23(32)33-3/h8,10,12-15,19,21H,4-7,9,11H2,1-3H3,(H,27,31)/q-1. The zero-order chi connectivity index (χ0) is 24.0. The van der Waals surface area contributed by atoms with E-state index < -0.39 is 23.7 Å². The number of carbonyl (C=O) groups is 2. The molecule has 10 heteroatoms. The van der Waals surface area contributed by atoms with Crippen molar-refractivity contribution in [3.05, 3.63) is 52.7 Å². The molecule has 1 N–H and O–H groups in total. The van der Waals surface area contributed by atoms with Crippen LogP contribution in [0.5, 0.6) is 0 Å². The number of carbonyl (C=O) groups excluding carboxylic acids is 2. The second-order valence-corrected chi connectivity index (χ2v) is 8.55. The molecule has 3 rings (SSSR count). The fourth-order valence-corrected chi connectivity index (χ4v) is 4.49. The van der Waals surface area contributed by atoms with Gasteiger partial charge in [-0.2, -0.15) is 0 Å². The topological polar surface area (TPSA) is 90.6 Å². The molecule has 0 spiro atoms. The van der Waals surface area contributed by atoms with E-state index in [0.29, 0.717) is 13.0 Å². The van der Waals surface area contributed by atoms with Crippen LogP contribution in [0, 0.1) is 11.7 Å². The lowest BCUT2D eigenvalue weighted by Gasteiger charge is -2.55. The van der Waals surface area contributed by atoms with Crippen LogP contribution < -0.4 is 5.32 Å². The number of hydrogen-bond donors (Lipinski definition) is 1. The molecule has 1 amide bonds. The van der Waals surface area contributed by atoms with Crippen LogP contribution in [0.4, 0.5) is 10.1 Å².